The van der Waals surface area contributed by atoms with E-state index < -0.39 is 22.0 Å². The summed E-state index contributed by atoms with van der Waals surface area (Å²) in [6.07, 6.45) is 0.0275. The molecular formula is C17H15N3O4S2. The molecule has 2 aromatic carbocycles. The third-order valence-electron chi connectivity index (χ3n) is 3.55. The van der Waals surface area contributed by atoms with E-state index in [1.165, 1.54) is 0 Å². The summed E-state index contributed by atoms with van der Waals surface area (Å²) in [6, 6.07) is 16.5. The van der Waals surface area contributed by atoms with E-state index in [4.69, 9.17) is 0 Å². The van der Waals surface area contributed by atoms with Crippen molar-refractivity contribution in [2.24, 2.45) is 0 Å². The fraction of sp³-hybridized carbons (Fsp3) is 0.118. The van der Waals surface area contributed by atoms with Crippen molar-refractivity contribution in [2.75, 3.05) is 0 Å². The molecule has 0 bridgehead atoms. The van der Waals surface area contributed by atoms with Gasteiger partial charge in [-0.3, -0.25) is 4.79 Å². The van der Waals surface area contributed by atoms with Crippen LogP contribution in [-0.2, 0) is 21.2 Å². The molecule has 1 heterocycles. The van der Waals surface area contributed by atoms with Gasteiger partial charge in [0.2, 0.25) is 4.34 Å². The summed E-state index contributed by atoms with van der Waals surface area (Å²) in [5, 5.41) is 9.37. The summed E-state index contributed by atoms with van der Waals surface area (Å²) in [5.74, 6) is -0.976. The van der Waals surface area contributed by atoms with E-state index in [2.05, 4.69) is 14.1 Å². The quantitative estimate of drug-likeness (QED) is 0.641. The Morgan fingerprint density at radius 1 is 1.08 bits per heavy atom. The van der Waals surface area contributed by atoms with Crippen LogP contribution >= 0.6 is 11.5 Å². The summed E-state index contributed by atoms with van der Waals surface area (Å²) < 4.78 is 31.0. The van der Waals surface area contributed by atoms with E-state index in [0.717, 1.165) is 0 Å². The van der Waals surface area contributed by atoms with Crippen LogP contribution in [0.2, 0.25) is 0 Å². The number of rotatable bonds is 7. The molecule has 26 heavy (non-hydrogen) atoms. The van der Waals surface area contributed by atoms with Crippen LogP contribution in [0.4, 0.5) is 0 Å². The van der Waals surface area contributed by atoms with Gasteiger partial charge in [-0.25, -0.2) is 13.4 Å². The number of carboxylic acid groups (broad SMARTS) is 1. The Kier molecular flexibility index (Phi) is 5.40. The molecule has 0 unspecified atom stereocenters. The second-order valence-electron chi connectivity index (χ2n) is 5.45. The third-order valence-corrected chi connectivity index (χ3v) is 6.09. The van der Waals surface area contributed by atoms with Gasteiger partial charge < -0.3 is 5.11 Å². The van der Waals surface area contributed by atoms with Gasteiger partial charge in [-0.05, 0) is 23.5 Å². The lowest BCUT2D eigenvalue weighted by Crippen LogP contribution is -2.42. The summed E-state index contributed by atoms with van der Waals surface area (Å²) in [6.45, 7) is 0. The van der Waals surface area contributed by atoms with Crippen molar-refractivity contribution < 1.29 is 18.3 Å². The summed E-state index contributed by atoms with van der Waals surface area (Å²) in [5.41, 5.74) is 1.40. The molecule has 0 saturated heterocycles. The number of carbonyl (C=O) groups is 1. The predicted octanol–water partition coefficient (Wildman–Crippen LogP) is 2.18. The normalized spacial score (nSPS) is 12.6. The number of benzene rings is 2. The van der Waals surface area contributed by atoms with Crippen molar-refractivity contribution in [1.82, 2.24) is 14.1 Å². The first-order chi connectivity index (χ1) is 12.5. The maximum atomic E-state index is 12.5. The number of carboxylic acids is 1. The lowest BCUT2D eigenvalue weighted by molar-refractivity contribution is -0.138. The highest BCUT2D eigenvalue weighted by Gasteiger charge is 2.28. The van der Waals surface area contributed by atoms with E-state index in [1.54, 1.807) is 54.6 Å². The van der Waals surface area contributed by atoms with Crippen molar-refractivity contribution >= 4 is 27.5 Å². The molecule has 0 amide bonds. The van der Waals surface area contributed by atoms with Crippen molar-refractivity contribution in [3.8, 4) is 11.4 Å². The van der Waals surface area contributed by atoms with E-state index in [9.17, 15) is 18.3 Å². The highest BCUT2D eigenvalue weighted by Crippen LogP contribution is 2.21. The van der Waals surface area contributed by atoms with Crippen molar-refractivity contribution in [3.63, 3.8) is 0 Å². The molecule has 3 rings (SSSR count). The standard InChI is InChI=1S/C17H15N3O4S2/c21-16(22)14(11-12-7-3-1-4-8-12)20-26(23,24)17-18-15(19-25-17)13-9-5-2-6-10-13/h1-10,14,20H,11H2,(H,21,22)/t14-/m0/s1. The number of nitrogens with zero attached hydrogens (tertiary/aromatic N) is 2. The van der Waals surface area contributed by atoms with Gasteiger partial charge in [-0.1, -0.05) is 60.7 Å². The number of hydrogen-bond acceptors (Lipinski definition) is 6. The topological polar surface area (TPSA) is 109 Å². The molecule has 134 valence electrons. The monoisotopic (exact) mass is 389 g/mol. The van der Waals surface area contributed by atoms with E-state index >= 15 is 0 Å². The highest BCUT2D eigenvalue weighted by atomic mass is 32.2. The number of aliphatic carboxylic acids is 1. The summed E-state index contributed by atoms with van der Waals surface area (Å²) in [7, 11) is -4.10. The van der Waals surface area contributed by atoms with Crippen LogP contribution in [0.3, 0.4) is 0 Å². The maximum Gasteiger partial charge on any atom is 0.322 e. The molecule has 0 aliphatic rings. The Morgan fingerprint density at radius 3 is 2.31 bits per heavy atom. The smallest absolute Gasteiger partial charge is 0.322 e. The zero-order chi connectivity index (χ0) is 18.6. The largest absolute Gasteiger partial charge is 0.480 e. The van der Waals surface area contributed by atoms with E-state index in [1.807, 2.05) is 6.07 Å². The minimum absolute atomic E-state index is 0.0275. The van der Waals surface area contributed by atoms with Gasteiger partial charge in [0.05, 0.1) is 0 Å². The minimum Gasteiger partial charge on any atom is -0.480 e. The number of aromatic nitrogens is 2. The molecule has 1 aromatic heterocycles. The summed E-state index contributed by atoms with van der Waals surface area (Å²) in [4.78, 5) is 15.5. The molecular weight excluding hydrogens is 374 g/mol. The lowest BCUT2D eigenvalue weighted by Gasteiger charge is -2.13. The van der Waals surface area contributed by atoms with Crippen molar-refractivity contribution in [3.05, 3.63) is 66.2 Å². The molecule has 0 saturated carbocycles. The number of nitrogens with one attached hydrogen (secondary N) is 1. The van der Waals surface area contributed by atoms with Gasteiger partial charge >= 0.3 is 5.97 Å². The van der Waals surface area contributed by atoms with Crippen LogP contribution in [0.15, 0.2) is 65.0 Å². The molecule has 1 atom stereocenters. The second-order valence-corrected chi connectivity index (χ2v) is 8.09. The number of sulfonamides is 1. The first-order valence-corrected chi connectivity index (χ1v) is 9.89. The zero-order valence-corrected chi connectivity index (χ0v) is 15.1. The molecule has 0 radical (unpaired) electrons. The predicted molar refractivity (Wildman–Crippen MR) is 97.2 cm³/mol. The SMILES string of the molecule is O=C(O)[C@H](Cc1ccccc1)NS(=O)(=O)c1nc(-c2ccccc2)ns1. The summed E-state index contributed by atoms with van der Waals surface area (Å²) >= 11 is 0.707. The van der Waals surface area contributed by atoms with Gasteiger partial charge in [0.15, 0.2) is 5.82 Å². The Bertz CT molecular complexity index is 989. The van der Waals surface area contributed by atoms with Crippen LogP contribution in [-0.4, -0.2) is 34.9 Å². The van der Waals surface area contributed by atoms with Gasteiger partial charge in [-0.2, -0.15) is 9.10 Å². The lowest BCUT2D eigenvalue weighted by atomic mass is 10.1. The molecule has 9 heteroatoms. The van der Waals surface area contributed by atoms with Crippen LogP contribution < -0.4 is 4.72 Å². The Labute approximate surface area is 154 Å². The molecule has 0 aliphatic carbocycles. The molecule has 0 aliphatic heterocycles. The van der Waals surface area contributed by atoms with E-state index in [-0.39, 0.29) is 16.6 Å². The van der Waals surface area contributed by atoms with Gasteiger partial charge in [0.25, 0.3) is 10.0 Å². The Morgan fingerprint density at radius 2 is 1.69 bits per heavy atom. The van der Waals surface area contributed by atoms with Crippen LogP contribution in [0.5, 0.6) is 0 Å². The first-order valence-electron chi connectivity index (χ1n) is 7.64. The van der Waals surface area contributed by atoms with E-state index in [0.29, 0.717) is 22.7 Å². The number of hydrogen-bond donors (Lipinski definition) is 2. The highest BCUT2D eigenvalue weighted by molar-refractivity contribution is 7.91. The Hall–Kier alpha value is -2.62. The average Bonchev–Trinajstić information content (AvgIpc) is 3.14. The zero-order valence-electron chi connectivity index (χ0n) is 13.4. The molecule has 3 aromatic rings. The third kappa shape index (κ3) is 4.31. The molecule has 2 N–H and O–H groups in total. The van der Waals surface area contributed by atoms with Crippen LogP contribution in [0.25, 0.3) is 11.4 Å². The Balaban J connectivity index is 1.81. The van der Waals surface area contributed by atoms with Crippen LogP contribution in [0.1, 0.15) is 5.56 Å². The van der Waals surface area contributed by atoms with Crippen molar-refractivity contribution in [2.45, 2.75) is 16.8 Å². The maximum absolute atomic E-state index is 12.5. The fourth-order valence-corrected chi connectivity index (χ4v) is 4.24. The first kappa shape index (κ1) is 18.2. The fourth-order valence-electron chi connectivity index (χ4n) is 2.29. The molecule has 0 spiro atoms. The van der Waals surface area contributed by atoms with Gasteiger partial charge in [0.1, 0.15) is 6.04 Å². The average molecular weight is 389 g/mol. The van der Waals surface area contributed by atoms with Gasteiger partial charge in [-0.15, -0.1) is 0 Å². The minimum atomic E-state index is -4.10. The van der Waals surface area contributed by atoms with Crippen LogP contribution in [0, 0.1) is 0 Å². The second kappa shape index (κ2) is 7.73. The van der Waals surface area contributed by atoms with Gasteiger partial charge in [0, 0.05) is 5.56 Å². The van der Waals surface area contributed by atoms with Crippen molar-refractivity contribution in [1.29, 1.82) is 0 Å². The molecule has 0 fully saturated rings. The molecule has 7 nitrogen and oxygen atoms in total.